The first-order valence-electron chi connectivity index (χ1n) is 6.63. The van der Waals surface area contributed by atoms with Crippen molar-refractivity contribution in [2.24, 2.45) is 5.92 Å². The standard InChI is InChI=1S/C15H16O5/c16-15(17)14-6-12-5-10(1-2-13(12)20-14)7-19-9-11-3-4-18-8-11/h1-2,5-6,11H,3-4,7-9H2,(H,16,17). The van der Waals surface area contributed by atoms with Crippen LogP contribution in [0.25, 0.3) is 11.0 Å². The van der Waals surface area contributed by atoms with Crippen LogP contribution in [0.5, 0.6) is 0 Å². The van der Waals surface area contributed by atoms with Gasteiger partial charge in [0.15, 0.2) is 0 Å². The molecule has 0 aliphatic carbocycles. The third-order valence-electron chi connectivity index (χ3n) is 3.44. The maximum absolute atomic E-state index is 10.8. The number of carboxylic acids is 1. The lowest BCUT2D eigenvalue weighted by atomic mass is 10.1. The van der Waals surface area contributed by atoms with Gasteiger partial charge in [-0.3, -0.25) is 0 Å². The third kappa shape index (κ3) is 2.84. The number of ether oxygens (including phenoxy) is 2. The number of rotatable bonds is 5. The summed E-state index contributed by atoms with van der Waals surface area (Å²) in [6.45, 7) is 2.82. The molecule has 2 aromatic rings. The summed E-state index contributed by atoms with van der Waals surface area (Å²) in [7, 11) is 0. The summed E-state index contributed by atoms with van der Waals surface area (Å²) in [6, 6.07) is 7.10. The molecular formula is C15H16O5. The molecule has 0 amide bonds. The van der Waals surface area contributed by atoms with E-state index in [1.807, 2.05) is 12.1 Å². The molecule has 0 spiro atoms. The van der Waals surface area contributed by atoms with Crippen LogP contribution in [0.1, 0.15) is 22.5 Å². The molecule has 0 bridgehead atoms. The molecule has 106 valence electrons. The van der Waals surface area contributed by atoms with Crippen LogP contribution in [0, 0.1) is 5.92 Å². The number of hydrogen-bond donors (Lipinski definition) is 1. The molecule has 1 saturated heterocycles. The van der Waals surface area contributed by atoms with Gasteiger partial charge in [-0.15, -0.1) is 0 Å². The lowest BCUT2D eigenvalue weighted by molar-refractivity contribution is 0.0665. The van der Waals surface area contributed by atoms with Gasteiger partial charge in [-0.25, -0.2) is 4.79 Å². The van der Waals surface area contributed by atoms with Gasteiger partial charge in [-0.05, 0) is 30.2 Å². The van der Waals surface area contributed by atoms with Gasteiger partial charge in [0.1, 0.15) is 5.58 Å². The monoisotopic (exact) mass is 276 g/mol. The number of benzene rings is 1. The first-order valence-corrected chi connectivity index (χ1v) is 6.63. The predicted octanol–water partition coefficient (Wildman–Crippen LogP) is 2.68. The van der Waals surface area contributed by atoms with Gasteiger partial charge < -0.3 is 19.0 Å². The quantitative estimate of drug-likeness (QED) is 0.909. The molecule has 1 aromatic carbocycles. The molecule has 1 N–H and O–H groups in total. The Morgan fingerprint density at radius 3 is 3.05 bits per heavy atom. The predicted molar refractivity (Wildman–Crippen MR) is 71.8 cm³/mol. The Morgan fingerprint density at radius 2 is 2.30 bits per heavy atom. The van der Waals surface area contributed by atoms with E-state index >= 15 is 0 Å². The van der Waals surface area contributed by atoms with Gasteiger partial charge in [0.2, 0.25) is 5.76 Å². The average molecular weight is 276 g/mol. The Hall–Kier alpha value is -1.85. The van der Waals surface area contributed by atoms with E-state index in [0.717, 1.165) is 30.6 Å². The van der Waals surface area contributed by atoms with Crippen LogP contribution in [0.15, 0.2) is 28.7 Å². The SMILES string of the molecule is O=C(O)c1cc2cc(COCC3CCOC3)ccc2o1. The fourth-order valence-electron chi connectivity index (χ4n) is 2.35. The van der Waals surface area contributed by atoms with Crippen molar-refractivity contribution in [3.63, 3.8) is 0 Å². The van der Waals surface area contributed by atoms with Crippen LogP contribution >= 0.6 is 0 Å². The zero-order chi connectivity index (χ0) is 13.9. The third-order valence-corrected chi connectivity index (χ3v) is 3.44. The van der Waals surface area contributed by atoms with E-state index in [1.54, 1.807) is 6.07 Å². The molecule has 1 aromatic heterocycles. The molecule has 2 heterocycles. The van der Waals surface area contributed by atoms with E-state index in [4.69, 9.17) is 19.0 Å². The molecule has 3 rings (SSSR count). The summed E-state index contributed by atoms with van der Waals surface area (Å²) in [5, 5.41) is 9.67. The summed E-state index contributed by atoms with van der Waals surface area (Å²) >= 11 is 0. The minimum absolute atomic E-state index is 0.0406. The van der Waals surface area contributed by atoms with Gasteiger partial charge in [0.05, 0.1) is 19.8 Å². The first-order chi connectivity index (χ1) is 9.72. The minimum Gasteiger partial charge on any atom is -0.475 e. The second kappa shape index (κ2) is 5.64. The number of fused-ring (bicyclic) bond motifs is 1. The summed E-state index contributed by atoms with van der Waals surface area (Å²) in [5.41, 5.74) is 1.59. The fraction of sp³-hybridized carbons (Fsp3) is 0.400. The Balaban J connectivity index is 1.64. The van der Waals surface area contributed by atoms with Gasteiger partial charge in [0, 0.05) is 17.9 Å². The van der Waals surface area contributed by atoms with Crippen molar-refractivity contribution in [3.8, 4) is 0 Å². The largest absolute Gasteiger partial charge is 0.475 e. The van der Waals surface area contributed by atoms with E-state index in [2.05, 4.69) is 0 Å². The summed E-state index contributed by atoms with van der Waals surface area (Å²) in [5.74, 6) is -0.604. The second-order valence-electron chi connectivity index (χ2n) is 5.03. The maximum Gasteiger partial charge on any atom is 0.371 e. The number of hydrogen-bond acceptors (Lipinski definition) is 4. The van der Waals surface area contributed by atoms with E-state index in [1.165, 1.54) is 6.07 Å². The number of furan rings is 1. The Morgan fingerprint density at radius 1 is 1.40 bits per heavy atom. The number of aromatic carboxylic acids is 1. The van der Waals surface area contributed by atoms with Crippen molar-refractivity contribution in [2.45, 2.75) is 13.0 Å². The average Bonchev–Trinajstić information content (AvgIpc) is 3.06. The second-order valence-corrected chi connectivity index (χ2v) is 5.03. The number of carboxylic acid groups (broad SMARTS) is 1. The van der Waals surface area contributed by atoms with E-state index < -0.39 is 5.97 Å². The highest BCUT2D eigenvalue weighted by molar-refractivity contribution is 5.91. The Kier molecular flexibility index (Phi) is 3.71. The van der Waals surface area contributed by atoms with Gasteiger partial charge >= 0.3 is 5.97 Å². The van der Waals surface area contributed by atoms with Crippen molar-refractivity contribution in [1.82, 2.24) is 0 Å². The highest BCUT2D eigenvalue weighted by Crippen LogP contribution is 2.21. The summed E-state index contributed by atoms with van der Waals surface area (Å²) < 4.78 is 16.2. The van der Waals surface area contributed by atoms with Gasteiger partial charge in [-0.2, -0.15) is 0 Å². The van der Waals surface area contributed by atoms with Crippen LogP contribution in [0.4, 0.5) is 0 Å². The van der Waals surface area contributed by atoms with E-state index in [-0.39, 0.29) is 5.76 Å². The van der Waals surface area contributed by atoms with Gasteiger partial charge in [0.25, 0.3) is 0 Å². The number of carbonyl (C=O) groups is 1. The van der Waals surface area contributed by atoms with E-state index in [9.17, 15) is 4.79 Å². The maximum atomic E-state index is 10.8. The molecule has 1 aliphatic rings. The Bertz CT molecular complexity index is 610. The molecule has 0 saturated carbocycles. The summed E-state index contributed by atoms with van der Waals surface area (Å²) in [6.07, 6.45) is 1.06. The zero-order valence-electron chi connectivity index (χ0n) is 11.0. The van der Waals surface area contributed by atoms with Crippen LogP contribution < -0.4 is 0 Å². The van der Waals surface area contributed by atoms with Crippen molar-refractivity contribution >= 4 is 16.9 Å². The molecule has 20 heavy (non-hydrogen) atoms. The smallest absolute Gasteiger partial charge is 0.371 e. The highest BCUT2D eigenvalue weighted by atomic mass is 16.5. The van der Waals surface area contributed by atoms with Crippen LogP contribution in [-0.2, 0) is 16.1 Å². The fourth-order valence-corrected chi connectivity index (χ4v) is 2.35. The molecule has 0 radical (unpaired) electrons. The van der Waals surface area contributed by atoms with Crippen molar-refractivity contribution < 1.29 is 23.8 Å². The van der Waals surface area contributed by atoms with Crippen molar-refractivity contribution in [3.05, 3.63) is 35.6 Å². The topological polar surface area (TPSA) is 68.9 Å². The first kappa shape index (κ1) is 13.1. The molecule has 1 fully saturated rings. The van der Waals surface area contributed by atoms with Gasteiger partial charge in [-0.1, -0.05) is 6.07 Å². The van der Waals surface area contributed by atoms with Crippen LogP contribution in [0.2, 0.25) is 0 Å². The molecule has 1 atom stereocenters. The zero-order valence-corrected chi connectivity index (χ0v) is 11.0. The lowest BCUT2D eigenvalue weighted by Gasteiger charge is -2.08. The normalized spacial score (nSPS) is 18.7. The molecule has 1 aliphatic heterocycles. The summed E-state index contributed by atoms with van der Waals surface area (Å²) in [4.78, 5) is 10.8. The lowest BCUT2D eigenvalue weighted by Crippen LogP contribution is -2.09. The van der Waals surface area contributed by atoms with Crippen molar-refractivity contribution in [2.75, 3.05) is 19.8 Å². The molecule has 5 nitrogen and oxygen atoms in total. The van der Waals surface area contributed by atoms with E-state index in [0.29, 0.717) is 24.7 Å². The molecular weight excluding hydrogens is 260 g/mol. The minimum atomic E-state index is -1.06. The highest BCUT2D eigenvalue weighted by Gasteiger charge is 2.15. The molecule has 5 heteroatoms. The molecule has 1 unspecified atom stereocenters. The Labute approximate surface area is 116 Å². The van der Waals surface area contributed by atoms with Crippen LogP contribution in [0.3, 0.4) is 0 Å². The van der Waals surface area contributed by atoms with Crippen molar-refractivity contribution in [1.29, 1.82) is 0 Å². The van der Waals surface area contributed by atoms with Crippen LogP contribution in [-0.4, -0.2) is 30.9 Å².